The zero-order valence-corrected chi connectivity index (χ0v) is 18.1. The van der Waals surface area contributed by atoms with E-state index in [0.29, 0.717) is 24.5 Å². The molecule has 32 heavy (non-hydrogen) atoms. The summed E-state index contributed by atoms with van der Waals surface area (Å²) in [6, 6.07) is 16.7. The third-order valence-corrected chi connectivity index (χ3v) is 5.63. The number of likely N-dealkylation sites (tertiary alicyclic amines) is 1. The minimum Gasteiger partial charge on any atom is -0.487 e. The number of aryl methyl sites for hydroxylation is 1. The van der Waals surface area contributed by atoms with Gasteiger partial charge in [-0.2, -0.15) is 5.10 Å². The number of carbonyl (C=O) groups is 1. The molecule has 0 saturated carbocycles. The van der Waals surface area contributed by atoms with Crippen LogP contribution < -0.4 is 10.3 Å². The van der Waals surface area contributed by atoms with Gasteiger partial charge in [0.05, 0.1) is 12.3 Å². The highest BCUT2D eigenvalue weighted by molar-refractivity contribution is 5.97. The molecular formula is C25H27N3O4. The van der Waals surface area contributed by atoms with Crippen molar-refractivity contribution in [3.63, 3.8) is 0 Å². The highest BCUT2D eigenvalue weighted by Gasteiger charge is 2.20. The van der Waals surface area contributed by atoms with Crippen molar-refractivity contribution >= 4 is 5.78 Å². The normalized spacial score (nSPS) is 16.2. The highest BCUT2D eigenvalue weighted by Crippen LogP contribution is 2.17. The number of aromatic nitrogens is 2. The van der Waals surface area contributed by atoms with Gasteiger partial charge in [0.15, 0.2) is 5.78 Å². The van der Waals surface area contributed by atoms with E-state index >= 15 is 0 Å². The van der Waals surface area contributed by atoms with Gasteiger partial charge in [-0.05, 0) is 30.0 Å². The number of nitrogens with zero attached hydrogens (tertiary/aromatic N) is 3. The summed E-state index contributed by atoms with van der Waals surface area (Å²) in [5.41, 5.74) is 3.15. The van der Waals surface area contributed by atoms with Gasteiger partial charge >= 0.3 is 0 Å². The van der Waals surface area contributed by atoms with E-state index in [-0.39, 0.29) is 24.0 Å². The van der Waals surface area contributed by atoms with Crippen molar-refractivity contribution < 1.29 is 14.6 Å². The number of hydrogen-bond acceptors (Lipinski definition) is 6. The van der Waals surface area contributed by atoms with Crippen LogP contribution in [0.3, 0.4) is 0 Å². The van der Waals surface area contributed by atoms with Crippen molar-refractivity contribution in [2.24, 2.45) is 0 Å². The standard InChI is InChI=1S/C25H27N3O4/c1-18-11-20(14-27-10-9-21(29)15-27)7-8-23(18)24(30)16-28-25(31)12-22(13-26-28)32-17-19-5-3-2-4-6-19/h2-8,11-13,21,29H,9-10,14-17H2,1H3/t21-/m1/s1. The Bertz CT molecular complexity index is 1140. The maximum atomic E-state index is 12.8. The Kier molecular flexibility index (Phi) is 6.78. The van der Waals surface area contributed by atoms with Crippen LogP contribution in [0.4, 0.5) is 0 Å². The van der Waals surface area contributed by atoms with Crippen molar-refractivity contribution in [3.8, 4) is 5.75 Å². The van der Waals surface area contributed by atoms with Gasteiger partial charge in [0.25, 0.3) is 5.56 Å². The molecule has 1 aromatic heterocycles. The van der Waals surface area contributed by atoms with Crippen LogP contribution in [0.2, 0.25) is 0 Å². The summed E-state index contributed by atoms with van der Waals surface area (Å²) >= 11 is 0. The zero-order valence-electron chi connectivity index (χ0n) is 18.1. The van der Waals surface area contributed by atoms with E-state index in [2.05, 4.69) is 10.00 Å². The second kappa shape index (κ2) is 9.89. The molecule has 0 radical (unpaired) electrons. The molecule has 0 spiro atoms. The molecule has 2 aromatic carbocycles. The number of rotatable bonds is 8. The fourth-order valence-electron chi connectivity index (χ4n) is 3.93. The van der Waals surface area contributed by atoms with E-state index in [9.17, 15) is 14.7 Å². The van der Waals surface area contributed by atoms with E-state index in [1.165, 1.54) is 12.3 Å². The quantitative estimate of drug-likeness (QED) is 0.550. The average molecular weight is 434 g/mol. The minimum absolute atomic E-state index is 0.129. The molecule has 7 heteroatoms. The number of carbonyl (C=O) groups excluding carboxylic acids is 1. The first-order valence-electron chi connectivity index (χ1n) is 10.7. The van der Waals surface area contributed by atoms with Crippen LogP contribution >= 0.6 is 0 Å². The Labute approximate surface area is 186 Å². The minimum atomic E-state index is -0.384. The molecular weight excluding hydrogens is 406 g/mol. The second-order valence-electron chi connectivity index (χ2n) is 8.21. The number of benzene rings is 2. The largest absolute Gasteiger partial charge is 0.487 e. The number of hydrogen-bond donors (Lipinski definition) is 1. The predicted octanol–water partition coefficient (Wildman–Crippen LogP) is 2.58. The van der Waals surface area contributed by atoms with Gasteiger partial charge in [0.1, 0.15) is 18.9 Å². The average Bonchev–Trinajstić information content (AvgIpc) is 3.19. The zero-order chi connectivity index (χ0) is 22.5. The van der Waals surface area contributed by atoms with E-state index in [4.69, 9.17) is 4.74 Å². The first-order chi connectivity index (χ1) is 15.5. The topological polar surface area (TPSA) is 84.7 Å². The molecule has 1 aliphatic rings. The van der Waals surface area contributed by atoms with Crippen molar-refractivity contribution in [1.82, 2.24) is 14.7 Å². The van der Waals surface area contributed by atoms with Crippen LogP contribution in [0.25, 0.3) is 0 Å². The molecule has 166 valence electrons. The van der Waals surface area contributed by atoms with Crippen LogP contribution in [0.1, 0.15) is 33.5 Å². The third-order valence-electron chi connectivity index (χ3n) is 5.63. The molecule has 3 aromatic rings. The van der Waals surface area contributed by atoms with Crippen LogP contribution in [0.15, 0.2) is 65.6 Å². The number of ether oxygens (including phenoxy) is 1. The molecule has 4 rings (SSSR count). The second-order valence-corrected chi connectivity index (χ2v) is 8.21. The van der Waals surface area contributed by atoms with Crippen LogP contribution in [0.5, 0.6) is 5.75 Å². The lowest BCUT2D eigenvalue weighted by Crippen LogP contribution is -2.26. The van der Waals surface area contributed by atoms with Crippen molar-refractivity contribution in [1.29, 1.82) is 0 Å². The number of Topliss-reactive ketones (excluding diaryl/α,β-unsaturated/α-hetero) is 1. The molecule has 0 unspecified atom stereocenters. The fraction of sp³-hybridized carbons (Fsp3) is 0.320. The summed E-state index contributed by atoms with van der Waals surface area (Å²) in [7, 11) is 0. The molecule has 0 aliphatic carbocycles. The smallest absolute Gasteiger partial charge is 0.270 e. The predicted molar refractivity (Wildman–Crippen MR) is 121 cm³/mol. The molecule has 1 fully saturated rings. The van der Waals surface area contributed by atoms with Gasteiger partial charge in [0, 0.05) is 31.3 Å². The van der Waals surface area contributed by atoms with E-state index in [1.54, 1.807) is 0 Å². The summed E-state index contributed by atoms with van der Waals surface area (Å²) < 4.78 is 6.78. The molecule has 0 bridgehead atoms. The first-order valence-corrected chi connectivity index (χ1v) is 10.7. The van der Waals surface area contributed by atoms with Crippen LogP contribution in [-0.4, -0.2) is 44.8 Å². The third kappa shape index (κ3) is 5.49. The van der Waals surface area contributed by atoms with E-state index in [0.717, 1.165) is 40.9 Å². The summed E-state index contributed by atoms with van der Waals surface area (Å²) in [4.78, 5) is 27.4. The maximum absolute atomic E-state index is 12.8. The fourth-order valence-corrected chi connectivity index (χ4v) is 3.93. The van der Waals surface area contributed by atoms with Crippen molar-refractivity contribution in [3.05, 3.63) is 93.4 Å². The Hall–Kier alpha value is -3.29. The SMILES string of the molecule is Cc1cc(CN2CC[C@@H](O)C2)ccc1C(=O)Cn1ncc(OCc2ccccc2)cc1=O. The number of ketones is 1. The molecule has 1 N–H and O–H groups in total. The lowest BCUT2D eigenvalue weighted by molar-refractivity contribution is 0.0964. The van der Waals surface area contributed by atoms with Gasteiger partial charge in [-0.15, -0.1) is 0 Å². The van der Waals surface area contributed by atoms with Crippen molar-refractivity contribution in [2.45, 2.75) is 39.1 Å². The Balaban J connectivity index is 1.38. The number of aliphatic hydroxyl groups is 1. The van der Waals surface area contributed by atoms with Gasteiger partial charge in [-0.1, -0.05) is 48.5 Å². The molecule has 1 saturated heterocycles. The summed E-state index contributed by atoms with van der Waals surface area (Å²) in [5, 5.41) is 13.8. The van der Waals surface area contributed by atoms with E-state index in [1.807, 2.05) is 55.5 Å². The maximum Gasteiger partial charge on any atom is 0.270 e. The molecule has 1 aliphatic heterocycles. The molecule has 7 nitrogen and oxygen atoms in total. The summed E-state index contributed by atoms with van der Waals surface area (Å²) in [5.74, 6) is 0.202. The highest BCUT2D eigenvalue weighted by atomic mass is 16.5. The van der Waals surface area contributed by atoms with Gasteiger partial charge < -0.3 is 9.84 Å². The summed E-state index contributed by atoms with van der Waals surface area (Å²) in [6.07, 6.45) is 2.00. The number of aliphatic hydroxyl groups excluding tert-OH is 1. The van der Waals surface area contributed by atoms with Gasteiger partial charge in [-0.25, -0.2) is 4.68 Å². The Morgan fingerprint density at radius 2 is 1.97 bits per heavy atom. The monoisotopic (exact) mass is 433 g/mol. The molecule has 1 atom stereocenters. The Morgan fingerprint density at radius 3 is 2.66 bits per heavy atom. The van der Waals surface area contributed by atoms with Gasteiger partial charge in [-0.3, -0.25) is 14.5 Å². The Morgan fingerprint density at radius 1 is 1.16 bits per heavy atom. The number of β-amino-alcohol motifs (C(OH)–C–C–N with tert-alkyl or cyclic N) is 1. The van der Waals surface area contributed by atoms with E-state index < -0.39 is 0 Å². The lowest BCUT2D eigenvalue weighted by Gasteiger charge is -2.16. The van der Waals surface area contributed by atoms with Crippen LogP contribution in [-0.2, 0) is 19.7 Å². The van der Waals surface area contributed by atoms with Gasteiger partial charge in [0.2, 0.25) is 0 Å². The van der Waals surface area contributed by atoms with Crippen LogP contribution in [0, 0.1) is 6.92 Å². The molecule has 0 amide bonds. The first kappa shape index (κ1) is 21.9. The lowest BCUT2D eigenvalue weighted by atomic mass is 10.0. The summed E-state index contributed by atoms with van der Waals surface area (Å²) in [6.45, 7) is 4.41. The molecule has 2 heterocycles. The van der Waals surface area contributed by atoms with Crippen molar-refractivity contribution in [2.75, 3.05) is 13.1 Å².